The number of carbonyl (C=O) groups is 3. The summed E-state index contributed by atoms with van der Waals surface area (Å²) in [5.74, 6) is 0.591. The smallest absolute Gasteiger partial charge is 0.332 e. The predicted octanol–water partition coefficient (Wildman–Crippen LogP) is 4.91. The molecule has 0 unspecified atom stereocenters. The molecule has 1 saturated carbocycles. The van der Waals surface area contributed by atoms with E-state index in [9.17, 15) is 14.4 Å². The summed E-state index contributed by atoms with van der Waals surface area (Å²) in [7, 11) is 0. The number of aromatic nitrogens is 3. The molecule has 6 rings (SSSR count). The summed E-state index contributed by atoms with van der Waals surface area (Å²) in [6.07, 6.45) is 9.12. The number of anilines is 3. The van der Waals surface area contributed by atoms with E-state index in [4.69, 9.17) is 4.74 Å². The fourth-order valence-electron chi connectivity index (χ4n) is 5.01. The molecule has 4 aromatic rings. The quantitative estimate of drug-likeness (QED) is 0.276. The third-order valence-electron chi connectivity index (χ3n) is 6.86. The lowest BCUT2D eigenvalue weighted by atomic mass is 9.90. The number of rotatable bonds is 7. The van der Waals surface area contributed by atoms with Gasteiger partial charge in [0.15, 0.2) is 5.82 Å². The van der Waals surface area contributed by atoms with E-state index >= 15 is 0 Å². The van der Waals surface area contributed by atoms with E-state index in [0.717, 1.165) is 25.7 Å². The van der Waals surface area contributed by atoms with Crippen LogP contribution in [0.25, 0.3) is 10.2 Å². The van der Waals surface area contributed by atoms with Gasteiger partial charge < -0.3 is 20.7 Å². The summed E-state index contributed by atoms with van der Waals surface area (Å²) >= 11 is 1.20. The number of hydrogen-bond donors (Lipinski definition) is 3. The van der Waals surface area contributed by atoms with Gasteiger partial charge >= 0.3 is 6.03 Å². The summed E-state index contributed by atoms with van der Waals surface area (Å²) < 4.78 is 5.72. The molecule has 2 atom stereocenters. The van der Waals surface area contributed by atoms with E-state index in [1.807, 2.05) is 18.2 Å². The molecule has 1 fully saturated rings. The van der Waals surface area contributed by atoms with Crippen molar-refractivity contribution in [1.82, 2.24) is 25.6 Å². The molecular weight excluding hydrogens is 530 g/mol. The van der Waals surface area contributed by atoms with Crippen molar-refractivity contribution in [2.24, 2.45) is 0 Å². The van der Waals surface area contributed by atoms with Crippen molar-refractivity contribution >= 4 is 56.6 Å². The highest BCUT2D eigenvalue weighted by Crippen LogP contribution is 2.45. The van der Waals surface area contributed by atoms with Gasteiger partial charge in [-0.25, -0.2) is 24.6 Å². The number of thiophene rings is 1. The zero-order chi connectivity index (χ0) is 27.6. The third kappa shape index (κ3) is 4.84. The Bertz CT molecular complexity index is 1610. The van der Waals surface area contributed by atoms with Gasteiger partial charge in [0.25, 0.3) is 5.91 Å². The summed E-state index contributed by atoms with van der Waals surface area (Å²) in [4.78, 5) is 54.3. The first-order valence-corrected chi connectivity index (χ1v) is 13.6. The van der Waals surface area contributed by atoms with E-state index in [-0.39, 0.29) is 35.6 Å². The molecule has 2 aliphatic rings. The van der Waals surface area contributed by atoms with Crippen LogP contribution < -0.4 is 25.6 Å². The highest BCUT2D eigenvalue weighted by molar-refractivity contribution is 7.21. The Morgan fingerprint density at radius 1 is 1.05 bits per heavy atom. The number of amides is 4. The van der Waals surface area contributed by atoms with Gasteiger partial charge in [0.2, 0.25) is 11.8 Å². The van der Waals surface area contributed by atoms with Crippen molar-refractivity contribution in [2.45, 2.75) is 37.8 Å². The third-order valence-corrected chi connectivity index (χ3v) is 7.95. The molecule has 3 N–H and O–H groups in total. The number of pyridine rings is 1. The molecule has 3 aromatic heterocycles. The van der Waals surface area contributed by atoms with Crippen LogP contribution >= 0.6 is 11.3 Å². The van der Waals surface area contributed by atoms with Gasteiger partial charge in [0, 0.05) is 18.3 Å². The van der Waals surface area contributed by atoms with Gasteiger partial charge in [0.05, 0.1) is 29.2 Å². The minimum Gasteiger partial charge on any atom is -0.438 e. The normalized spacial score (nSPS) is 18.1. The zero-order valence-corrected chi connectivity index (χ0v) is 22.1. The molecule has 0 radical (unpaired) electrons. The van der Waals surface area contributed by atoms with E-state index in [0.29, 0.717) is 32.2 Å². The van der Waals surface area contributed by atoms with Crippen molar-refractivity contribution in [1.29, 1.82) is 0 Å². The largest absolute Gasteiger partial charge is 0.438 e. The molecule has 12 heteroatoms. The van der Waals surface area contributed by atoms with Gasteiger partial charge in [-0.1, -0.05) is 37.6 Å². The van der Waals surface area contributed by atoms with Gasteiger partial charge in [-0.2, -0.15) is 0 Å². The standard InChI is InChI=1S/C28H25N7O4S/c1-2-21(36)32-17-10-6-7-11-18(17)33-26(37)25-24-23-19(12-13-29-27(23)40-25)35(28(38)34-24)20-14-31-22(15-30-20)39-16-8-4-3-5-9-16/h2-5,8-9,12-15,17-18H,1,6-7,10-11H2,(H,32,36)(H,33,37)(H,34,38)/t17-,18+/m0/s1. The molecule has 4 heterocycles. The predicted molar refractivity (Wildman–Crippen MR) is 151 cm³/mol. The molecule has 202 valence electrons. The monoisotopic (exact) mass is 555 g/mol. The SMILES string of the molecule is C=CC(=O)N[C@H]1CCCC[C@H]1NC(=O)c1sc2nccc3c2c1NC(=O)N3c1cnc(Oc2ccccc2)cn1. The zero-order valence-electron chi connectivity index (χ0n) is 21.3. The molecular formula is C28H25N7O4S. The molecule has 4 amide bonds. The fourth-order valence-corrected chi connectivity index (χ4v) is 6.03. The van der Waals surface area contributed by atoms with Gasteiger partial charge in [-0.15, -0.1) is 11.3 Å². The number of para-hydroxylation sites is 1. The molecule has 1 aliphatic carbocycles. The minimum atomic E-state index is -0.479. The van der Waals surface area contributed by atoms with Crippen LogP contribution in [0, 0.1) is 0 Å². The van der Waals surface area contributed by atoms with Crippen LogP contribution in [0.1, 0.15) is 35.4 Å². The van der Waals surface area contributed by atoms with Crippen molar-refractivity contribution in [3.8, 4) is 11.6 Å². The van der Waals surface area contributed by atoms with E-state index in [1.165, 1.54) is 34.7 Å². The van der Waals surface area contributed by atoms with Crippen molar-refractivity contribution in [2.75, 3.05) is 10.2 Å². The Morgan fingerprint density at radius 3 is 2.55 bits per heavy atom. The number of benzene rings is 1. The highest BCUT2D eigenvalue weighted by atomic mass is 32.1. The summed E-state index contributed by atoms with van der Waals surface area (Å²) in [5, 5.41) is 9.50. The maximum Gasteiger partial charge on any atom is 0.332 e. The highest BCUT2D eigenvalue weighted by Gasteiger charge is 2.35. The van der Waals surface area contributed by atoms with Crippen molar-refractivity contribution in [3.05, 3.63) is 72.5 Å². The lowest BCUT2D eigenvalue weighted by molar-refractivity contribution is -0.117. The first-order valence-electron chi connectivity index (χ1n) is 12.8. The second-order valence-corrected chi connectivity index (χ2v) is 10.4. The average Bonchev–Trinajstić information content (AvgIpc) is 3.35. The lowest BCUT2D eigenvalue weighted by Crippen LogP contribution is -2.52. The van der Waals surface area contributed by atoms with Crippen LogP contribution in [0.15, 0.2) is 67.6 Å². The number of carbonyl (C=O) groups excluding carboxylic acids is 3. The number of ether oxygens (including phenoxy) is 1. The Morgan fingerprint density at radius 2 is 1.82 bits per heavy atom. The van der Waals surface area contributed by atoms with Crippen LogP contribution in [0.2, 0.25) is 0 Å². The van der Waals surface area contributed by atoms with Crippen molar-refractivity contribution in [3.63, 3.8) is 0 Å². The Labute approximate surface area is 233 Å². The molecule has 11 nitrogen and oxygen atoms in total. The average molecular weight is 556 g/mol. The summed E-state index contributed by atoms with van der Waals surface area (Å²) in [6.45, 7) is 3.51. The van der Waals surface area contributed by atoms with Crippen molar-refractivity contribution < 1.29 is 19.1 Å². The molecule has 0 spiro atoms. The summed E-state index contributed by atoms with van der Waals surface area (Å²) in [6, 6.07) is 9.99. The lowest BCUT2D eigenvalue weighted by Gasteiger charge is -2.32. The second kappa shape index (κ2) is 10.7. The molecule has 0 bridgehead atoms. The van der Waals surface area contributed by atoms with E-state index in [1.54, 1.807) is 24.4 Å². The van der Waals surface area contributed by atoms with E-state index in [2.05, 4.69) is 37.5 Å². The van der Waals surface area contributed by atoms with Crippen LogP contribution in [0.3, 0.4) is 0 Å². The van der Waals surface area contributed by atoms with Gasteiger partial charge in [0.1, 0.15) is 15.5 Å². The van der Waals surface area contributed by atoms with Crippen LogP contribution in [-0.4, -0.2) is 44.9 Å². The Hall–Kier alpha value is -4.84. The Kier molecular flexibility index (Phi) is 6.83. The summed E-state index contributed by atoms with van der Waals surface area (Å²) in [5.41, 5.74) is 0.945. The maximum atomic E-state index is 13.5. The van der Waals surface area contributed by atoms with E-state index < -0.39 is 6.03 Å². The molecule has 40 heavy (non-hydrogen) atoms. The number of urea groups is 1. The first kappa shape index (κ1) is 25.4. The van der Waals surface area contributed by atoms with Crippen LogP contribution in [0.5, 0.6) is 11.6 Å². The molecule has 1 aromatic carbocycles. The number of hydrogen-bond acceptors (Lipinski definition) is 8. The van der Waals surface area contributed by atoms with Gasteiger partial charge in [-0.05, 0) is 37.1 Å². The second-order valence-electron chi connectivity index (χ2n) is 9.39. The number of nitrogens with one attached hydrogen (secondary N) is 3. The van der Waals surface area contributed by atoms with Gasteiger partial charge in [-0.3, -0.25) is 9.59 Å². The molecule has 0 saturated heterocycles. The molecule has 1 aliphatic heterocycles. The maximum absolute atomic E-state index is 13.5. The minimum absolute atomic E-state index is 0.194. The fraction of sp³-hybridized carbons (Fsp3) is 0.214. The Balaban J connectivity index is 1.27. The topological polar surface area (TPSA) is 138 Å². The van der Waals surface area contributed by atoms with Crippen LogP contribution in [-0.2, 0) is 4.79 Å². The first-order chi connectivity index (χ1) is 19.5. The number of nitrogens with zero attached hydrogens (tertiary/aromatic N) is 4. The van der Waals surface area contributed by atoms with Crippen LogP contribution in [0.4, 0.5) is 22.0 Å².